The van der Waals surface area contributed by atoms with E-state index < -0.39 is 128 Å². The van der Waals surface area contributed by atoms with E-state index in [2.05, 4.69) is 0 Å². The van der Waals surface area contributed by atoms with E-state index in [1.807, 2.05) is 0 Å². The lowest BCUT2D eigenvalue weighted by atomic mass is 9.83. The third kappa shape index (κ3) is 6.04. The zero-order valence-corrected chi connectivity index (χ0v) is 24.6. The number of hydrogen-bond acceptors (Lipinski definition) is 0. The molecule has 0 saturated heterocycles. The largest absolute Gasteiger partial charge is 0.460 e. The van der Waals surface area contributed by atoms with E-state index in [0.717, 1.165) is 0 Å². The Morgan fingerprint density at radius 1 is 0.288 bits per heavy atom. The molecule has 298 valence electrons. The Bertz CT molecular complexity index is 1530. The summed E-state index contributed by atoms with van der Waals surface area (Å²) in [6, 6.07) is -2.78. The molecule has 2 rings (SSSR count). The number of rotatable bonds is 11. The minimum absolute atomic E-state index is 0.0273. The topological polar surface area (TPSA) is 0 Å². The first-order chi connectivity index (χ1) is 22.5. The van der Waals surface area contributed by atoms with Crippen molar-refractivity contribution in [1.82, 2.24) is 0 Å². The molecule has 2 aromatic rings. The van der Waals surface area contributed by atoms with Crippen LogP contribution in [0.1, 0.15) is 11.1 Å². The van der Waals surface area contributed by atoms with Crippen LogP contribution in [0.2, 0.25) is 10.0 Å². The highest BCUT2D eigenvalue weighted by atomic mass is 35.5. The predicted molar refractivity (Wildman–Crippen MR) is 121 cm³/mol. The Kier molecular flexibility index (Phi) is 10.8. The molecule has 2 aromatic carbocycles. The summed E-state index contributed by atoms with van der Waals surface area (Å²) >= 11 is 10.4. The van der Waals surface area contributed by atoms with Crippen LogP contribution in [0, 0.1) is 0 Å². The third-order valence-electron chi connectivity index (χ3n) is 6.80. The van der Waals surface area contributed by atoms with Gasteiger partial charge in [0.25, 0.3) is 0 Å². The zero-order chi connectivity index (χ0) is 41.7. The van der Waals surface area contributed by atoms with Crippen molar-refractivity contribution in [1.29, 1.82) is 0 Å². The number of benzene rings is 2. The number of hydrogen-bond donors (Lipinski definition) is 0. The Morgan fingerprint density at radius 3 is 0.712 bits per heavy atom. The minimum atomic E-state index is -8.58. The normalized spacial score (nSPS) is 15.7. The van der Waals surface area contributed by atoms with Gasteiger partial charge in [-0.1, -0.05) is 35.3 Å². The van der Waals surface area contributed by atoms with E-state index >= 15 is 17.6 Å². The summed E-state index contributed by atoms with van der Waals surface area (Å²) in [5, 5.41) is -3.09. The van der Waals surface area contributed by atoms with E-state index in [1.54, 1.807) is 0 Å². The van der Waals surface area contributed by atoms with Gasteiger partial charge in [0.15, 0.2) is 0 Å². The maximum absolute atomic E-state index is 15.2. The summed E-state index contributed by atoms with van der Waals surface area (Å²) in [5.41, 5.74) is -11.7. The summed E-state index contributed by atoms with van der Waals surface area (Å²) in [4.78, 5) is 0. The molecule has 0 bridgehead atoms. The fourth-order valence-corrected chi connectivity index (χ4v) is 4.24. The molecule has 0 amide bonds. The van der Waals surface area contributed by atoms with Crippen LogP contribution in [0.15, 0.2) is 36.4 Å². The monoisotopic (exact) mass is 858 g/mol. The molecule has 0 aromatic heterocycles. The Labute approximate surface area is 278 Å². The molecular formula is C24H6Cl2F26. The molecule has 0 atom stereocenters. The highest BCUT2D eigenvalue weighted by molar-refractivity contribution is 6.31. The van der Waals surface area contributed by atoms with Gasteiger partial charge in [-0.2, -0.15) is 114 Å². The highest BCUT2D eigenvalue weighted by Crippen LogP contribution is 2.65. The Balaban J connectivity index is 3.04. The van der Waals surface area contributed by atoms with Crippen molar-refractivity contribution < 1.29 is 114 Å². The maximum atomic E-state index is 15.2. The van der Waals surface area contributed by atoms with Crippen LogP contribution >= 0.6 is 23.2 Å². The summed E-state index contributed by atoms with van der Waals surface area (Å²) < 4.78 is 359. The summed E-state index contributed by atoms with van der Waals surface area (Å²) in [6.45, 7) is 0. The fraction of sp³-hybridized carbons (Fsp3) is 0.500. The molecule has 0 nitrogen and oxygen atoms in total. The van der Waals surface area contributed by atoms with Gasteiger partial charge in [-0.25, -0.2) is 0 Å². The summed E-state index contributed by atoms with van der Waals surface area (Å²) in [5.74, 6) is -82.4. The molecule has 0 radical (unpaired) electrons. The number of alkyl halides is 26. The van der Waals surface area contributed by atoms with Crippen LogP contribution in [0.25, 0.3) is 11.1 Å². The molecule has 0 unspecified atom stereocenters. The standard InChI is InChI=1S/C24H6Cl2F26/c25-7-1-3-9(11(5-7)13(27,28)15(31,32)17(35,36)19(39,40)21(43,44)23(47,48)49)10-4-2-8(26)6-12(10)14(29,30)16(33,34)18(37,38)20(41,42)22(45,46)24(50,51)52/h1-6H. The van der Waals surface area contributed by atoms with Crippen LogP contribution < -0.4 is 0 Å². The third-order valence-corrected chi connectivity index (χ3v) is 7.27. The molecule has 0 aliphatic carbocycles. The van der Waals surface area contributed by atoms with Gasteiger partial charge < -0.3 is 0 Å². The molecule has 0 fully saturated rings. The quantitative estimate of drug-likeness (QED) is 0.198. The molecule has 52 heavy (non-hydrogen) atoms. The van der Waals surface area contributed by atoms with Crippen LogP contribution in [0.4, 0.5) is 114 Å². The molecule has 28 heteroatoms. The lowest BCUT2D eigenvalue weighted by molar-refractivity contribution is -0.441. The van der Waals surface area contributed by atoms with Crippen LogP contribution in [0.5, 0.6) is 0 Å². The van der Waals surface area contributed by atoms with E-state index in [1.165, 1.54) is 0 Å². The second-order valence-corrected chi connectivity index (χ2v) is 11.0. The first kappa shape index (κ1) is 45.4. The van der Waals surface area contributed by atoms with E-state index in [-0.39, 0.29) is 12.1 Å². The molecule has 0 aliphatic heterocycles. The SMILES string of the molecule is FC(F)(F)C(F)(F)C(F)(F)C(F)(F)C(F)(F)C(F)(F)c1cc(Cl)ccc1-c1ccc(Cl)cc1C(F)(F)C(F)(F)C(F)(F)C(F)(F)C(F)(F)C(F)(F)F. The molecular weight excluding hydrogens is 853 g/mol. The van der Waals surface area contributed by atoms with Crippen LogP contribution in [-0.2, 0) is 11.8 Å². The minimum Gasteiger partial charge on any atom is -0.194 e. The van der Waals surface area contributed by atoms with Crippen molar-refractivity contribution in [2.45, 2.75) is 71.6 Å². The number of halogens is 28. The fourth-order valence-electron chi connectivity index (χ4n) is 3.90. The van der Waals surface area contributed by atoms with Crippen LogP contribution in [-0.4, -0.2) is 59.7 Å². The lowest BCUT2D eigenvalue weighted by Gasteiger charge is -2.41. The average Bonchev–Trinajstić information content (AvgIpc) is 2.95. The van der Waals surface area contributed by atoms with Crippen molar-refractivity contribution in [2.75, 3.05) is 0 Å². The van der Waals surface area contributed by atoms with Crippen molar-refractivity contribution >= 4 is 23.2 Å². The first-order valence-corrected chi connectivity index (χ1v) is 12.8. The molecule has 0 saturated carbocycles. The van der Waals surface area contributed by atoms with Crippen molar-refractivity contribution in [2.24, 2.45) is 0 Å². The van der Waals surface area contributed by atoms with Crippen molar-refractivity contribution in [3.05, 3.63) is 57.6 Å². The smallest absolute Gasteiger partial charge is 0.194 e. The van der Waals surface area contributed by atoms with Crippen LogP contribution in [0.3, 0.4) is 0 Å². The van der Waals surface area contributed by atoms with Gasteiger partial charge in [0.05, 0.1) is 0 Å². The second kappa shape index (κ2) is 12.4. The molecule has 0 heterocycles. The summed E-state index contributed by atoms with van der Waals surface area (Å²) in [7, 11) is 0. The Hall–Kier alpha value is -2.80. The zero-order valence-electron chi connectivity index (χ0n) is 23.0. The van der Waals surface area contributed by atoms with E-state index in [4.69, 9.17) is 23.2 Å². The van der Waals surface area contributed by atoms with Gasteiger partial charge in [-0.15, -0.1) is 0 Å². The highest BCUT2D eigenvalue weighted by Gasteiger charge is 2.92. The molecule has 0 N–H and O–H groups in total. The maximum Gasteiger partial charge on any atom is 0.460 e. The van der Waals surface area contributed by atoms with Crippen molar-refractivity contribution in [3.8, 4) is 11.1 Å². The first-order valence-electron chi connectivity index (χ1n) is 12.0. The van der Waals surface area contributed by atoms with Gasteiger partial charge in [0, 0.05) is 21.2 Å². The van der Waals surface area contributed by atoms with Crippen molar-refractivity contribution in [3.63, 3.8) is 0 Å². The lowest BCUT2D eigenvalue weighted by Crippen LogP contribution is -2.69. The van der Waals surface area contributed by atoms with Gasteiger partial charge in [0.2, 0.25) is 0 Å². The van der Waals surface area contributed by atoms with E-state index in [0.29, 0.717) is 0 Å². The Morgan fingerprint density at radius 2 is 0.500 bits per heavy atom. The second-order valence-electron chi connectivity index (χ2n) is 10.1. The van der Waals surface area contributed by atoms with Gasteiger partial charge >= 0.3 is 71.6 Å². The molecule has 0 aliphatic rings. The predicted octanol–water partition coefficient (Wildman–Crippen LogP) is 13.1. The average molecular weight is 859 g/mol. The molecule has 0 spiro atoms. The summed E-state index contributed by atoms with van der Waals surface area (Å²) in [6.07, 6.45) is -15.8. The van der Waals surface area contributed by atoms with Gasteiger partial charge in [-0.05, 0) is 35.4 Å². The van der Waals surface area contributed by atoms with Gasteiger partial charge in [-0.3, -0.25) is 0 Å². The van der Waals surface area contributed by atoms with Gasteiger partial charge in [0.1, 0.15) is 0 Å². The van der Waals surface area contributed by atoms with E-state index in [9.17, 15) is 96.6 Å².